The van der Waals surface area contributed by atoms with E-state index in [4.69, 9.17) is 15.1 Å². The highest BCUT2D eigenvalue weighted by molar-refractivity contribution is 6.53. The number of hydrazone groups is 1. The van der Waals surface area contributed by atoms with E-state index in [0.29, 0.717) is 6.54 Å². The van der Waals surface area contributed by atoms with Gasteiger partial charge >= 0.3 is 0 Å². The maximum absolute atomic E-state index is 4.97. The molecule has 5 rings (SSSR count). The average molecular weight is 350 g/mol. The molecule has 0 amide bonds. The minimum Gasteiger partial charge on any atom is -0.246 e. The quantitative estimate of drug-likeness (QED) is 0.704. The van der Waals surface area contributed by atoms with Crippen molar-refractivity contribution in [3.05, 3.63) is 108 Å². The van der Waals surface area contributed by atoms with E-state index in [-0.39, 0.29) is 6.29 Å². The predicted octanol–water partition coefficient (Wildman–Crippen LogP) is 3.98. The number of nitrogens with zero attached hydrogens (tertiary/aromatic N) is 4. The molecule has 0 fully saturated rings. The molecule has 4 heteroatoms. The topological polar surface area (TPSA) is 40.3 Å². The molecule has 0 N–H and O–H groups in total. The zero-order valence-electron chi connectivity index (χ0n) is 14.7. The first-order chi connectivity index (χ1) is 13.4. The van der Waals surface area contributed by atoms with Crippen molar-refractivity contribution >= 4 is 17.1 Å². The van der Waals surface area contributed by atoms with E-state index < -0.39 is 0 Å². The third kappa shape index (κ3) is 2.95. The highest BCUT2D eigenvalue weighted by atomic mass is 15.6. The molecule has 0 bridgehead atoms. The number of aliphatic imine (C=N–C) groups is 2. The molecular weight excluding hydrogens is 332 g/mol. The van der Waals surface area contributed by atoms with Gasteiger partial charge in [0.25, 0.3) is 0 Å². The van der Waals surface area contributed by atoms with E-state index in [0.717, 1.165) is 33.8 Å². The molecule has 0 aromatic heterocycles. The van der Waals surface area contributed by atoms with E-state index >= 15 is 0 Å². The van der Waals surface area contributed by atoms with Crippen LogP contribution in [-0.2, 0) is 0 Å². The molecule has 3 aromatic carbocycles. The fourth-order valence-corrected chi connectivity index (χ4v) is 3.41. The van der Waals surface area contributed by atoms with Crippen molar-refractivity contribution in [1.82, 2.24) is 5.01 Å². The summed E-state index contributed by atoms with van der Waals surface area (Å²) < 4.78 is 0. The van der Waals surface area contributed by atoms with Crippen LogP contribution in [0.3, 0.4) is 0 Å². The van der Waals surface area contributed by atoms with Gasteiger partial charge in [-0.3, -0.25) is 0 Å². The summed E-state index contributed by atoms with van der Waals surface area (Å²) in [7, 11) is 0. The van der Waals surface area contributed by atoms with E-state index in [1.54, 1.807) is 0 Å². The van der Waals surface area contributed by atoms with Gasteiger partial charge < -0.3 is 0 Å². The number of hydrogen-bond donors (Lipinski definition) is 0. The molecular formula is C23H18N4. The number of rotatable bonds is 3. The molecule has 2 heterocycles. The van der Waals surface area contributed by atoms with Crippen LogP contribution < -0.4 is 0 Å². The highest BCUT2D eigenvalue weighted by Crippen LogP contribution is 2.24. The summed E-state index contributed by atoms with van der Waals surface area (Å²) in [6, 6.07) is 30.7. The van der Waals surface area contributed by atoms with Gasteiger partial charge in [-0.05, 0) is 5.56 Å². The van der Waals surface area contributed by atoms with Crippen molar-refractivity contribution in [1.29, 1.82) is 0 Å². The molecule has 2 aliphatic rings. The van der Waals surface area contributed by atoms with Gasteiger partial charge in [0.2, 0.25) is 6.29 Å². The van der Waals surface area contributed by atoms with Crippen molar-refractivity contribution in [2.45, 2.75) is 6.29 Å². The summed E-state index contributed by atoms with van der Waals surface area (Å²) in [5, 5.41) is 6.92. The summed E-state index contributed by atoms with van der Waals surface area (Å²) in [5.41, 5.74) is 6.05. The molecule has 27 heavy (non-hydrogen) atoms. The molecule has 3 aromatic rings. The van der Waals surface area contributed by atoms with Gasteiger partial charge in [-0.25, -0.2) is 15.0 Å². The Morgan fingerprint density at radius 1 is 0.593 bits per heavy atom. The third-order valence-corrected chi connectivity index (χ3v) is 4.75. The number of hydrogen-bond acceptors (Lipinski definition) is 4. The highest BCUT2D eigenvalue weighted by Gasteiger charge is 2.32. The molecule has 2 aliphatic heterocycles. The maximum Gasteiger partial charge on any atom is 0.232 e. The molecule has 4 nitrogen and oxygen atoms in total. The fourth-order valence-electron chi connectivity index (χ4n) is 3.41. The SMILES string of the molecule is c1ccc(C2=N[C@@H]3N=C(c4ccccc4)C(c4ccccc4)=NN3C2)cc1. The van der Waals surface area contributed by atoms with Crippen molar-refractivity contribution in [3.63, 3.8) is 0 Å². The van der Waals surface area contributed by atoms with Crippen molar-refractivity contribution in [2.24, 2.45) is 15.1 Å². The summed E-state index contributed by atoms with van der Waals surface area (Å²) in [6.07, 6.45) is -0.303. The smallest absolute Gasteiger partial charge is 0.232 e. The zero-order chi connectivity index (χ0) is 18.1. The Hall–Kier alpha value is -3.53. The first kappa shape index (κ1) is 15.7. The standard InChI is InChI=1S/C23H18N4/c1-4-10-17(11-5-1)20-16-27-23(24-20)25-21(18-12-6-2-7-13-18)22(26-27)19-14-8-3-9-15-19/h1-15,23H,16H2/t23-/m1/s1. The van der Waals surface area contributed by atoms with Crippen molar-refractivity contribution < 1.29 is 0 Å². The van der Waals surface area contributed by atoms with Gasteiger partial charge in [-0.2, -0.15) is 5.10 Å². The van der Waals surface area contributed by atoms with Crippen LogP contribution in [0, 0.1) is 0 Å². The van der Waals surface area contributed by atoms with Crippen molar-refractivity contribution in [2.75, 3.05) is 6.54 Å². The average Bonchev–Trinajstić information content (AvgIpc) is 3.18. The Labute approximate surface area is 158 Å². The van der Waals surface area contributed by atoms with Crippen LogP contribution >= 0.6 is 0 Å². The van der Waals surface area contributed by atoms with Crippen LogP contribution in [0.1, 0.15) is 16.7 Å². The molecule has 0 saturated heterocycles. The lowest BCUT2D eigenvalue weighted by atomic mass is 9.99. The molecule has 0 unspecified atom stereocenters. The van der Waals surface area contributed by atoms with Gasteiger partial charge in [-0.1, -0.05) is 91.0 Å². The Morgan fingerprint density at radius 3 is 1.70 bits per heavy atom. The summed E-state index contributed by atoms with van der Waals surface area (Å²) in [6.45, 7) is 0.663. The lowest BCUT2D eigenvalue weighted by Gasteiger charge is -2.25. The van der Waals surface area contributed by atoms with Gasteiger partial charge in [-0.15, -0.1) is 0 Å². The summed E-state index contributed by atoms with van der Waals surface area (Å²) in [5.74, 6) is 0. The van der Waals surface area contributed by atoms with Crippen molar-refractivity contribution in [3.8, 4) is 0 Å². The second kappa shape index (κ2) is 6.65. The first-order valence-corrected chi connectivity index (χ1v) is 9.05. The maximum atomic E-state index is 4.97. The van der Waals surface area contributed by atoms with Crippen LogP contribution in [0.2, 0.25) is 0 Å². The lowest BCUT2D eigenvalue weighted by Crippen LogP contribution is -2.35. The summed E-state index contributed by atoms with van der Waals surface area (Å²) in [4.78, 5) is 9.80. The van der Waals surface area contributed by atoms with Gasteiger partial charge in [0.15, 0.2) is 0 Å². The normalized spacial score (nSPS) is 18.4. The molecule has 0 radical (unpaired) electrons. The van der Waals surface area contributed by atoms with Crippen LogP contribution in [0.25, 0.3) is 0 Å². The zero-order valence-corrected chi connectivity index (χ0v) is 14.7. The van der Waals surface area contributed by atoms with Crippen LogP contribution in [-0.4, -0.2) is 35.0 Å². The van der Waals surface area contributed by atoms with Crippen LogP contribution in [0.4, 0.5) is 0 Å². The Bertz CT molecular complexity index is 1040. The van der Waals surface area contributed by atoms with Crippen LogP contribution in [0.5, 0.6) is 0 Å². The molecule has 0 saturated carbocycles. The Morgan fingerprint density at radius 2 is 1.11 bits per heavy atom. The first-order valence-electron chi connectivity index (χ1n) is 9.05. The minimum absolute atomic E-state index is 0.303. The van der Waals surface area contributed by atoms with Gasteiger partial charge in [0, 0.05) is 11.1 Å². The molecule has 0 spiro atoms. The largest absolute Gasteiger partial charge is 0.246 e. The van der Waals surface area contributed by atoms with E-state index in [1.807, 2.05) is 59.6 Å². The monoisotopic (exact) mass is 350 g/mol. The fraction of sp³-hybridized carbons (Fsp3) is 0.0870. The Balaban J connectivity index is 1.59. The lowest BCUT2D eigenvalue weighted by molar-refractivity contribution is 0.268. The van der Waals surface area contributed by atoms with E-state index in [1.165, 1.54) is 0 Å². The Kier molecular flexibility index (Phi) is 3.87. The number of benzene rings is 3. The predicted molar refractivity (Wildman–Crippen MR) is 109 cm³/mol. The number of fused-ring (bicyclic) bond motifs is 1. The summed E-state index contributed by atoms with van der Waals surface area (Å²) >= 11 is 0. The second-order valence-corrected chi connectivity index (χ2v) is 6.54. The van der Waals surface area contributed by atoms with Gasteiger partial charge in [0.05, 0.1) is 18.0 Å². The van der Waals surface area contributed by atoms with E-state index in [2.05, 4.69) is 36.4 Å². The third-order valence-electron chi connectivity index (χ3n) is 4.75. The molecule has 130 valence electrons. The molecule has 1 atom stereocenters. The second-order valence-electron chi connectivity index (χ2n) is 6.54. The van der Waals surface area contributed by atoms with Gasteiger partial charge in [0.1, 0.15) is 5.71 Å². The minimum atomic E-state index is -0.303. The van der Waals surface area contributed by atoms with E-state index in [9.17, 15) is 0 Å². The van der Waals surface area contributed by atoms with Crippen LogP contribution in [0.15, 0.2) is 106 Å². The molecule has 0 aliphatic carbocycles.